The molecule has 18 heavy (non-hydrogen) atoms. The van der Waals surface area contributed by atoms with Crippen molar-refractivity contribution in [2.45, 2.75) is 12.8 Å². The summed E-state index contributed by atoms with van der Waals surface area (Å²) in [6.07, 6.45) is 2.14. The second-order valence-electron chi connectivity index (χ2n) is 4.44. The minimum atomic E-state index is -0.544. The quantitative estimate of drug-likeness (QED) is 0.508. The molecule has 1 aliphatic carbocycles. The van der Waals surface area contributed by atoms with Gasteiger partial charge >= 0.3 is 0 Å². The standard InChI is InChI=1S/C11H11Cl2NO3S/c12-8-3-7(14(15)16)4-9(13)10(8)17-5-11(6-18)1-2-11/h3-4,18H,1-2,5-6H2. The number of rotatable bonds is 5. The lowest BCUT2D eigenvalue weighted by molar-refractivity contribution is -0.384. The molecule has 0 radical (unpaired) electrons. The number of benzene rings is 1. The molecule has 4 nitrogen and oxygen atoms in total. The fourth-order valence-corrected chi connectivity index (χ4v) is 2.53. The van der Waals surface area contributed by atoms with Crippen molar-refractivity contribution < 1.29 is 9.66 Å². The minimum absolute atomic E-state index is 0.109. The van der Waals surface area contributed by atoms with Gasteiger partial charge in [-0.15, -0.1) is 0 Å². The fourth-order valence-electron chi connectivity index (χ4n) is 1.54. The van der Waals surface area contributed by atoms with Crippen molar-refractivity contribution in [3.05, 3.63) is 32.3 Å². The van der Waals surface area contributed by atoms with E-state index in [0.29, 0.717) is 12.4 Å². The van der Waals surface area contributed by atoms with Crippen LogP contribution in [0.2, 0.25) is 10.0 Å². The van der Waals surface area contributed by atoms with E-state index in [1.165, 1.54) is 12.1 Å². The molecule has 0 atom stereocenters. The number of hydrogen-bond donors (Lipinski definition) is 1. The Labute approximate surface area is 120 Å². The van der Waals surface area contributed by atoms with Crippen LogP contribution in [0.1, 0.15) is 12.8 Å². The van der Waals surface area contributed by atoms with Gasteiger partial charge in [0.1, 0.15) is 0 Å². The van der Waals surface area contributed by atoms with Crippen LogP contribution in [-0.4, -0.2) is 17.3 Å². The average molecular weight is 308 g/mol. The molecule has 2 rings (SSSR count). The van der Waals surface area contributed by atoms with E-state index in [4.69, 9.17) is 27.9 Å². The van der Waals surface area contributed by atoms with Gasteiger partial charge in [0.2, 0.25) is 0 Å². The van der Waals surface area contributed by atoms with Gasteiger partial charge in [-0.3, -0.25) is 10.1 Å². The number of hydrogen-bond acceptors (Lipinski definition) is 4. The summed E-state index contributed by atoms with van der Waals surface area (Å²) in [5, 5.41) is 10.9. The zero-order valence-electron chi connectivity index (χ0n) is 9.36. The van der Waals surface area contributed by atoms with Gasteiger partial charge in [-0.25, -0.2) is 0 Å². The first-order valence-electron chi connectivity index (χ1n) is 5.34. The highest BCUT2D eigenvalue weighted by molar-refractivity contribution is 7.80. The summed E-state index contributed by atoms with van der Waals surface area (Å²) < 4.78 is 5.59. The van der Waals surface area contributed by atoms with Crippen LogP contribution in [0.15, 0.2) is 12.1 Å². The highest BCUT2D eigenvalue weighted by Crippen LogP contribution is 2.47. The Balaban J connectivity index is 2.15. The number of thiol groups is 1. The van der Waals surface area contributed by atoms with E-state index in [1.807, 2.05) is 0 Å². The predicted octanol–water partition coefficient (Wildman–Crippen LogP) is 3.99. The van der Waals surface area contributed by atoms with Crippen LogP contribution in [0.5, 0.6) is 5.75 Å². The molecule has 1 aromatic carbocycles. The lowest BCUT2D eigenvalue weighted by Crippen LogP contribution is -2.15. The largest absolute Gasteiger partial charge is 0.490 e. The van der Waals surface area contributed by atoms with E-state index < -0.39 is 4.92 Å². The third-order valence-electron chi connectivity index (χ3n) is 3.01. The summed E-state index contributed by atoms with van der Waals surface area (Å²) in [7, 11) is 0. The Morgan fingerprint density at radius 1 is 1.39 bits per heavy atom. The smallest absolute Gasteiger partial charge is 0.272 e. The molecule has 0 spiro atoms. The minimum Gasteiger partial charge on any atom is -0.490 e. The van der Waals surface area contributed by atoms with Crippen molar-refractivity contribution in [2.75, 3.05) is 12.4 Å². The molecule has 0 amide bonds. The van der Waals surface area contributed by atoms with Crippen molar-refractivity contribution >= 4 is 41.5 Å². The van der Waals surface area contributed by atoms with Crippen LogP contribution >= 0.6 is 35.8 Å². The topological polar surface area (TPSA) is 52.4 Å². The number of nitro benzene ring substituents is 1. The van der Waals surface area contributed by atoms with Crippen molar-refractivity contribution in [3.63, 3.8) is 0 Å². The monoisotopic (exact) mass is 307 g/mol. The highest BCUT2D eigenvalue weighted by Gasteiger charge is 2.42. The predicted molar refractivity (Wildman–Crippen MR) is 74.1 cm³/mol. The summed E-state index contributed by atoms with van der Waals surface area (Å²) >= 11 is 16.1. The lowest BCUT2D eigenvalue weighted by atomic mass is 10.2. The van der Waals surface area contributed by atoms with Gasteiger partial charge in [-0.05, 0) is 18.6 Å². The van der Waals surface area contributed by atoms with Gasteiger partial charge in [0.05, 0.1) is 21.6 Å². The van der Waals surface area contributed by atoms with E-state index >= 15 is 0 Å². The Morgan fingerprint density at radius 2 is 1.94 bits per heavy atom. The number of halogens is 2. The summed E-state index contributed by atoms with van der Waals surface area (Å²) in [4.78, 5) is 10.1. The van der Waals surface area contributed by atoms with Crippen molar-refractivity contribution in [2.24, 2.45) is 5.41 Å². The molecular weight excluding hydrogens is 297 g/mol. The molecule has 0 unspecified atom stereocenters. The first kappa shape index (κ1) is 13.8. The normalized spacial score (nSPS) is 16.4. The Hall–Kier alpha value is -0.650. The summed E-state index contributed by atoms with van der Waals surface area (Å²) in [6, 6.07) is 2.48. The molecule has 0 saturated heterocycles. The van der Waals surface area contributed by atoms with Crippen LogP contribution < -0.4 is 4.74 Å². The Morgan fingerprint density at radius 3 is 2.33 bits per heavy atom. The zero-order chi connectivity index (χ0) is 13.3. The number of nitro groups is 1. The van der Waals surface area contributed by atoms with E-state index in [1.54, 1.807) is 0 Å². The van der Waals surface area contributed by atoms with Crippen LogP contribution in [0.25, 0.3) is 0 Å². The van der Waals surface area contributed by atoms with E-state index in [-0.39, 0.29) is 21.1 Å². The van der Waals surface area contributed by atoms with Gasteiger partial charge in [0.25, 0.3) is 5.69 Å². The van der Waals surface area contributed by atoms with Gasteiger partial charge < -0.3 is 4.74 Å². The second kappa shape index (κ2) is 5.15. The van der Waals surface area contributed by atoms with Gasteiger partial charge in [-0.2, -0.15) is 12.6 Å². The first-order chi connectivity index (χ1) is 8.47. The SMILES string of the molecule is O=[N+]([O-])c1cc(Cl)c(OCC2(CS)CC2)c(Cl)c1. The molecule has 0 N–H and O–H groups in total. The maximum Gasteiger partial charge on any atom is 0.272 e. The molecule has 1 aromatic rings. The van der Waals surface area contributed by atoms with Gasteiger partial charge in [0, 0.05) is 17.5 Å². The maximum absolute atomic E-state index is 10.6. The van der Waals surface area contributed by atoms with Crippen LogP contribution in [0.4, 0.5) is 5.69 Å². The van der Waals surface area contributed by atoms with E-state index in [0.717, 1.165) is 18.6 Å². The third-order valence-corrected chi connectivity index (χ3v) is 4.24. The Bertz CT molecular complexity index is 468. The van der Waals surface area contributed by atoms with Gasteiger partial charge in [-0.1, -0.05) is 23.2 Å². The molecule has 1 aliphatic rings. The van der Waals surface area contributed by atoms with Crippen molar-refractivity contribution in [1.82, 2.24) is 0 Å². The molecule has 0 bridgehead atoms. The van der Waals surface area contributed by atoms with E-state index in [9.17, 15) is 10.1 Å². The molecule has 1 fully saturated rings. The third kappa shape index (κ3) is 2.84. The van der Waals surface area contributed by atoms with Gasteiger partial charge in [0.15, 0.2) is 5.75 Å². The van der Waals surface area contributed by atoms with Crippen LogP contribution in [0.3, 0.4) is 0 Å². The molecule has 0 heterocycles. The second-order valence-corrected chi connectivity index (χ2v) is 5.57. The number of ether oxygens (including phenoxy) is 1. The number of nitrogens with zero attached hydrogens (tertiary/aromatic N) is 1. The first-order valence-corrected chi connectivity index (χ1v) is 6.73. The van der Waals surface area contributed by atoms with Crippen LogP contribution in [-0.2, 0) is 0 Å². The average Bonchev–Trinajstić information content (AvgIpc) is 3.08. The fraction of sp³-hybridized carbons (Fsp3) is 0.455. The summed E-state index contributed by atoms with van der Waals surface area (Å²) in [5.74, 6) is 1.05. The maximum atomic E-state index is 10.6. The molecule has 0 aliphatic heterocycles. The van der Waals surface area contributed by atoms with E-state index in [2.05, 4.69) is 12.6 Å². The Kier molecular flexibility index (Phi) is 3.94. The summed E-state index contributed by atoms with van der Waals surface area (Å²) in [6.45, 7) is 0.480. The molecule has 1 saturated carbocycles. The zero-order valence-corrected chi connectivity index (χ0v) is 11.8. The van der Waals surface area contributed by atoms with Crippen molar-refractivity contribution in [1.29, 1.82) is 0 Å². The molecule has 98 valence electrons. The highest BCUT2D eigenvalue weighted by atomic mass is 35.5. The summed E-state index contributed by atoms with van der Waals surface area (Å²) in [5.41, 5.74) is -0.0370. The van der Waals surface area contributed by atoms with Crippen molar-refractivity contribution in [3.8, 4) is 5.75 Å². The lowest BCUT2D eigenvalue weighted by Gasteiger charge is -2.15. The molecule has 7 heteroatoms. The molecular formula is C11H11Cl2NO3S. The van der Waals surface area contributed by atoms with Crippen LogP contribution in [0, 0.1) is 15.5 Å². The molecule has 0 aromatic heterocycles. The number of non-ortho nitro benzene ring substituents is 1.